The quantitative estimate of drug-likeness (QED) is 0.825. The summed E-state index contributed by atoms with van der Waals surface area (Å²) >= 11 is 0. The molecule has 0 aliphatic carbocycles. The van der Waals surface area contributed by atoms with Gasteiger partial charge >= 0.3 is 0 Å². The normalized spacial score (nSPS) is 10.5. The smallest absolute Gasteiger partial charge is 0.249 e. The summed E-state index contributed by atoms with van der Waals surface area (Å²) in [5.74, 6) is 1.78. The topological polar surface area (TPSA) is 69.7 Å². The van der Waals surface area contributed by atoms with Gasteiger partial charge in [0, 0.05) is 12.3 Å². The highest BCUT2D eigenvalue weighted by Crippen LogP contribution is 2.38. The molecule has 1 aromatic carbocycles. The first-order valence-electron chi connectivity index (χ1n) is 7.29. The molecule has 0 aliphatic heterocycles. The Balaban J connectivity index is 2.15. The van der Waals surface area contributed by atoms with Gasteiger partial charge < -0.3 is 19.5 Å². The number of aryl methyl sites for hydroxylation is 1. The van der Waals surface area contributed by atoms with Crippen LogP contribution in [0.4, 0.5) is 5.82 Å². The summed E-state index contributed by atoms with van der Waals surface area (Å²) in [6, 6.07) is 7.15. The highest BCUT2D eigenvalue weighted by atomic mass is 16.5. The minimum atomic E-state index is -0.278. The Kier molecular flexibility index (Phi) is 5.78. The Morgan fingerprint density at radius 2 is 1.75 bits per heavy atom. The summed E-state index contributed by atoms with van der Waals surface area (Å²) < 4.78 is 15.8. The average molecular weight is 328 g/mol. The molecule has 6 nitrogen and oxygen atoms in total. The van der Waals surface area contributed by atoms with Crippen molar-refractivity contribution in [1.82, 2.24) is 4.98 Å². The fraction of sp³-hybridized carbons (Fsp3) is 0.222. The third kappa shape index (κ3) is 4.25. The molecule has 0 radical (unpaired) electrons. The number of nitrogens with zero attached hydrogens (tertiary/aromatic N) is 1. The van der Waals surface area contributed by atoms with Gasteiger partial charge in [-0.3, -0.25) is 4.79 Å². The molecule has 1 heterocycles. The van der Waals surface area contributed by atoms with E-state index in [0.29, 0.717) is 23.1 Å². The molecule has 0 saturated carbocycles. The Bertz CT molecular complexity index is 714. The van der Waals surface area contributed by atoms with Crippen molar-refractivity contribution in [2.75, 3.05) is 26.6 Å². The number of amides is 1. The molecule has 0 unspecified atom stereocenters. The van der Waals surface area contributed by atoms with Crippen LogP contribution in [0.1, 0.15) is 11.1 Å². The maximum Gasteiger partial charge on any atom is 0.249 e. The van der Waals surface area contributed by atoms with Crippen LogP contribution in [0.5, 0.6) is 17.2 Å². The molecule has 2 aromatic rings. The van der Waals surface area contributed by atoms with E-state index in [4.69, 9.17) is 14.2 Å². The van der Waals surface area contributed by atoms with Gasteiger partial charge in [0.2, 0.25) is 11.7 Å². The van der Waals surface area contributed by atoms with E-state index in [1.807, 2.05) is 13.0 Å². The van der Waals surface area contributed by atoms with Crippen LogP contribution in [0.2, 0.25) is 0 Å². The molecule has 6 heteroatoms. The minimum absolute atomic E-state index is 0.278. The van der Waals surface area contributed by atoms with Crippen LogP contribution >= 0.6 is 0 Å². The van der Waals surface area contributed by atoms with Crippen LogP contribution in [-0.2, 0) is 4.79 Å². The summed E-state index contributed by atoms with van der Waals surface area (Å²) in [7, 11) is 4.62. The molecule has 0 spiro atoms. The van der Waals surface area contributed by atoms with Crippen LogP contribution in [0, 0.1) is 6.92 Å². The summed E-state index contributed by atoms with van der Waals surface area (Å²) in [6.45, 7) is 1.93. The molecule has 0 saturated heterocycles. The Hall–Kier alpha value is -3.02. The number of anilines is 1. The van der Waals surface area contributed by atoms with Gasteiger partial charge in [-0.05, 0) is 42.3 Å². The lowest BCUT2D eigenvalue weighted by Crippen LogP contribution is -2.09. The number of pyridine rings is 1. The average Bonchev–Trinajstić information content (AvgIpc) is 2.60. The van der Waals surface area contributed by atoms with E-state index >= 15 is 0 Å². The number of ether oxygens (including phenoxy) is 3. The Morgan fingerprint density at radius 1 is 1.08 bits per heavy atom. The number of rotatable bonds is 6. The highest BCUT2D eigenvalue weighted by molar-refractivity contribution is 6.01. The molecule has 0 fully saturated rings. The summed E-state index contributed by atoms with van der Waals surface area (Å²) in [5.41, 5.74) is 1.78. The van der Waals surface area contributed by atoms with E-state index < -0.39 is 0 Å². The number of hydrogen-bond acceptors (Lipinski definition) is 5. The molecule has 1 N–H and O–H groups in total. The van der Waals surface area contributed by atoms with Crippen molar-refractivity contribution < 1.29 is 19.0 Å². The lowest BCUT2D eigenvalue weighted by atomic mass is 10.1. The van der Waals surface area contributed by atoms with Gasteiger partial charge in [0.1, 0.15) is 5.82 Å². The summed E-state index contributed by atoms with van der Waals surface area (Å²) in [4.78, 5) is 16.1. The molecule has 0 aliphatic rings. The zero-order valence-corrected chi connectivity index (χ0v) is 14.1. The van der Waals surface area contributed by atoms with Crippen LogP contribution in [0.3, 0.4) is 0 Å². The molecule has 24 heavy (non-hydrogen) atoms. The van der Waals surface area contributed by atoms with E-state index in [2.05, 4.69) is 10.3 Å². The standard InChI is InChI=1S/C18H20N2O4/c1-12-5-7-16(19-11-12)20-17(21)8-6-13-9-14(22-2)18(24-4)15(10-13)23-3/h5-11H,1-4H3,(H,19,20,21)/b8-6+. The monoisotopic (exact) mass is 328 g/mol. The number of aromatic nitrogens is 1. The third-order valence-corrected chi connectivity index (χ3v) is 3.28. The Morgan fingerprint density at radius 3 is 2.25 bits per heavy atom. The van der Waals surface area contributed by atoms with E-state index in [9.17, 15) is 4.79 Å². The SMILES string of the molecule is COc1cc(/C=C/C(=O)Nc2ccc(C)cn2)cc(OC)c1OC. The number of nitrogens with one attached hydrogen (secondary N) is 1. The van der Waals surface area contributed by atoms with Crippen LogP contribution < -0.4 is 19.5 Å². The minimum Gasteiger partial charge on any atom is -0.493 e. The first-order chi connectivity index (χ1) is 11.6. The first kappa shape index (κ1) is 17.3. The van der Waals surface area contributed by atoms with E-state index in [1.165, 1.54) is 13.2 Å². The fourth-order valence-corrected chi connectivity index (χ4v) is 2.08. The predicted octanol–water partition coefficient (Wildman–Crippen LogP) is 3.07. The van der Waals surface area contributed by atoms with Gasteiger partial charge in [0.25, 0.3) is 0 Å². The second-order valence-electron chi connectivity index (χ2n) is 5.00. The van der Waals surface area contributed by atoms with E-state index in [-0.39, 0.29) is 5.91 Å². The van der Waals surface area contributed by atoms with Crippen LogP contribution in [0.25, 0.3) is 6.08 Å². The van der Waals surface area contributed by atoms with Gasteiger partial charge in [-0.15, -0.1) is 0 Å². The lowest BCUT2D eigenvalue weighted by Gasteiger charge is -2.12. The highest BCUT2D eigenvalue weighted by Gasteiger charge is 2.12. The van der Waals surface area contributed by atoms with Crippen LogP contribution in [0.15, 0.2) is 36.5 Å². The maximum absolute atomic E-state index is 12.0. The summed E-state index contributed by atoms with van der Waals surface area (Å²) in [5, 5.41) is 2.70. The fourth-order valence-electron chi connectivity index (χ4n) is 2.08. The first-order valence-corrected chi connectivity index (χ1v) is 7.29. The molecular formula is C18H20N2O4. The van der Waals surface area contributed by atoms with Crippen molar-refractivity contribution in [2.45, 2.75) is 6.92 Å². The van der Waals surface area contributed by atoms with E-state index in [0.717, 1.165) is 11.1 Å². The van der Waals surface area contributed by atoms with Gasteiger partial charge in [0.05, 0.1) is 21.3 Å². The second-order valence-corrected chi connectivity index (χ2v) is 5.00. The van der Waals surface area contributed by atoms with Crippen LogP contribution in [-0.4, -0.2) is 32.2 Å². The van der Waals surface area contributed by atoms with Crippen molar-refractivity contribution in [2.24, 2.45) is 0 Å². The maximum atomic E-state index is 12.0. The number of carbonyl (C=O) groups excluding carboxylic acids is 1. The van der Waals surface area contributed by atoms with E-state index in [1.54, 1.807) is 44.7 Å². The van der Waals surface area contributed by atoms with Crippen molar-refractivity contribution in [3.63, 3.8) is 0 Å². The molecule has 126 valence electrons. The van der Waals surface area contributed by atoms with Gasteiger partial charge in [-0.1, -0.05) is 6.07 Å². The zero-order valence-electron chi connectivity index (χ0n) is 14.1. The zero-order chi connectivity index (χ0) is 17.5. The second kappa shape index (κ2) is 8.01. The largest absolute Gasteiger partial charge is 0.493 e. The molecule has 1 aromatic heterocycles. The lowest BCUT2D eigenvalue weighted by molar-refractivity contribution is -0.111. The van der Waals surface area contributed by atoms with Gasteiger partial charge in [-0.25, -0.2) is 4.98 Å². The molecule has 1 amide bonds. The van der Waals surface area contributed by atoms with Crippen molar-refractivity contribution in [3.8, 4) is 17.2 Å². The molecule has 0 bridgehead atoms. The van der Waals surface area contributed by atoms with Gasteiger partial charge in [0.15, 0.2) is 11.5 Å². The third-order valence-electron chi connectivity index (χ3n) is 3.28. The molecular weight excluding hydrogens is 308 g/mol. The number of benzene rings is 1. The van der Waals surface area contributed by atoms with Crippen molar-refractivity contribution >= 4 is 17.8 Å². The summed E-state index contributed by atoms with van der Waals surface area (Å²) in [6.07, 6.45) is 4.77. The van der Waals surface area contributed by atoms with Crippen molar-refractivity contribution in [1.29, 1.82) is 0 Å². The number of hydrogen-bond donors (Lipinski definition) is 1. The number of methoxy groups -OCH3 is 3. The Labute approximate surface area is 141 Å². The van der Waals surface area contributed by atoms with Gasteiger partial charge in [-0.2, -0.15) is 0 Å². The predicted molar refractivity (Wildman–Crippen MR) is 92.7 cm³/mol. The van der Waals surface area contributed by atoms with Crippen molar-refractivity contribution in [3.05, 3.63) is 47.7 Å². The molecule has 0 atom stereocenters. The number of carbonyl (C=O) groups is 1. The molecule has 2 rings (SSSR count).